The first-order valence-corrected chi connectivity index (χ1v) is 9.56. The van der Waals surface area contributed by atoms with Gasteiger partial charge in [0.1, 0.15) is 11.4 Å². The number of carboxylic acid groups (broad SMARTS) is 1. The summed E-state index contributed by atoms with van der Waals surface area (Å²) in [5, 5.41) is 11.8. The smallest absolute Gasteiger partial charge is 0.339 e. The van der Waals surface area contributed by atoms with E-state index in [1.165, 1.54) is 0 Å². The molecule has 4 nitrogen and oxygen atoms in total. The largest absolute Gasteiger partial charge is 0.478 e. The van der Waals surface area contributed by atoms with Crippen molar-refractivity contribution in [2.45, 2.75) is 20.3 Å². The van der Waals surface area contributed by atoms with Crippen LogP contribution in [0.1, 0.15) is 35.3 Å². The van der Waals surface area contributed by atoms with Crippen molar-refractivity contribution in [3.8, 4) is 0 Å². The van der Waals surface area contributed by atoms with Crippen LogP contribution in [0.25, 0.3) is 10.9 Å². The maximum Gasteiger partial charge on any atom is 0.339 e. The average Bonchev–Trinajstić information content (AvgIpc) is 2.64. The number of nitrogens with zero attached hydrogens (tertiary/aromatic N) is 2. The molecule has 0 aliphatic rings. The molecule has 6 heteroatoms. The van der Waals surface area contributed by atoms with Gasteiger partial charge in [0.2, 0.25) is 0 Å². The highest BCUT2D eigenvalue weighted by atomic mass is 35.5. The minimum atomic E-state index is -1.02. The fourth-order valence-corrected chi connectivity index (χ4v) is 3.81. The Morgan fingerprint density at radius 3 is 2.33 bits per heavy atom. The van der Waals surface area contributed by atoms with Crippen molar-refractivity contribution in [2.24, 2.45) is 0 Å². The Morgan fingerprint density at radius 1 is 1.04 bits per heavy atom. The number of pyridine rings is 1. The molecular formula is C21H20Cl2N2O2. The normalized spacial score (nSPS) is 11.0. The molecule has 0 atom stereocenters. The second-order valence-electron chi connectivity index (χ2n) is 6.17. The van der Waals surface area contributed by atoms with Crippen molar-refractivity contribution in [1.82, 2.24) is 4.98 Å². The summed E-state index contributed by atoms with van der Waals surface area (Å²) >= 11 is 12.8. The van der Waals surface area contributed by atoms with Crippen LogP contribution >= 0.6 is 23.2 Å². The molecular weight excluding hydrogens is 383 g/mol. The van der Waals surface area contributed by atoms with E-state index >= 15 is 0 Å². The molecule has 1 heterocycles. The van der Waals surface area contributed by atoms with Crippen molar-refractivity contribution in [1.29, 1.82) is 0 Å². The third kappa shape index (κ3) is 3.73. The van der Waals surface area contributed by atoms with Gasteiger partial charge in [0.15, 0.2) is 0 Å². The van der Waals surface area contributed by atoms with Crippen LogP contribution in [0.5, 0.6) is 0 Å². The zero-order valence-corrected chi connectivity index (χ0v) is 16.7. The number of aromatic carboxylic acids is 1. The van der Waals surface area contributed by atoms with Gasteiger partial charge in [-0.2, -0.15) is 0 Å². The van der Waals surface area contributed by atoms with Gasteiger partial charge in [0, 0.05) is 29.9 Å². The van der Waals surface area contributed by atoms with Crippen molar-refractivity contribution in [3.05, 3.63) is 69.2 Å². The Kier molecular flexibility index (Phi) is 5.88. The van der Waals surface area contributed by atoms with Gasteiger partial charge in [-0.3, -0.25) is 0 Å². The molecule has 140 valence electrons. The summed E-state index contributed by atoms with van der Waals surface area (Å²) in [7, 11) is 0. The van der Waals surface area contributed by atoms with Crippen molar-refractivity contribution >= 4 is 45.9 Å². The Balaban J connectivity index is 2.38. The summed E-state index contributed by atoms with van der Waals surface area (Å²) in [6, 6.07) is 12.9. The number of halogens is 2. The minimum Gasteiger partial charge on any atom is -0.478 e. The van der Waals surface area contributed by atoms with Gasteiger partial charge in [0.25, 0.3) is 0 Å². The van der Waals surface area contributed by atoms with Crippen molar-refractivity contribution in [3.63, 3.8) is 0 Å². The number of anilines is 1. The molecule has 0 saturated carbocycles. The van der Waals surface area contributed by atoms with Crippen molar-refractivity contribution in [2.75, 3.05) is 18.0 Å². The lowest BCUT2D eigenvalue weighted by molar-refractivity contribution is 0.0696. The summed E-state index contributed by atoms with van der Waals surface area (Å²) in [4.78, 5) is 18.9. The second-order valence-corrected chi connectivity index (χ2v) is 6.98. The summed E-state index contributed by atoms with van der Waals surface area (Å²) < 4.78 is 0. The van der Waals surface area contributed by atoms with Gasteiger partial charge in [-0.25, -0.2) is 9.78 Å². The van der Waals surface area contributed by atoms with Crippen LogP contribution in [0.4, 0.5) is 5.82 Å². The first-order chi connectivity index (χ1) is 13.0. The molecule has 0 radical (unpaired) electrons. The van der Waals surface area contributed by atoms with Gasteiger partial charge < -0.3 is 10.0 Å². The van der Waals surface area contributed by atoms with Crippen LogP contribution in [0.3, 0.4) is 0 Å². The topological polar surface area (TPSA) is 53.4 Å². The molecule has 1 aromatic heterocycles. The lowest BCUT2D eigenvalue weighted by Crippen LogP contribution is -2.26. The lowest BCUT2D eigenvalue weighted by atomic mass is 9.95. The molecule has 0 aliphatic carbocycles. The number of aromatic nitrogens is 1. The van der Waals surface area contributed by atoms with Crippen molar-refractivity contribution < 1.29 is 9.90 Å². The first kappa shape index (κ1) is 19.5. The van der Waals surface area contributed by atoms with Crippen LogP contribution in [0.2, 0.25) is 10.0 Å². The number of benzene rings is 2. The summed E-state index contributed by atoms with van der Waals surface area (Å²) in [5.41, 5.74) is 2.34. The standard InChI is InChI=1S/C21H20Cl2N2O2/c1-3-25(4-2)20-19(21(26)27)14(12-13-8-5-6-9-15(13)22)18-16(23)10-7-11-17(18)24-20/h5-11H,3-4,12H2,1-2H3,(H,26,27). The fraction of sp³-hybridized carbons (Fsp3) is 0.238. The third-order valence-corrected chi connectivity index (χ3v) is 5.33. The summed E-state index contributed by atoms with van der Waals surface area (Å²) in [6.07, 6.45) is 0.359. The van der Waals surface area contributed by atoms with Crippen LogP contribution < -0.4 is 4.90 Å². The predicted octanol–water partition coefficient (Wildman–Crippen LogP) is 5.68. The molecule has 27 heavy (non-hydrogen) atoms. The number of fused-ring (bicyclic) bond motifs is 1. The maximum absolute atomic E-state index is 12.3. The third-order valence-electron chi connectivity index (χ3n) is 4.65. The van der Waals surface area contributed by atoms with E-state index in [2.05, 4.69) is 4.98 Å². The van der Waals surface area contributed by atoms with E-state index in [0.29, 0.717) is 51.8 Å². The molecule has 3 aromatic rings. The number of hydrogen-bond acceptors (Lipinski definition) is 3. The quantitative estimate of drug-likeness (QED) is 0.576. The Bertz CT molecular complexity index is 1000. The molecule has 0 unspecified atom stereocenters. The molecule has 3 rings (SSSR count). The number of rotatable bonds is 6. The number of hydrogen-bond donors (Lipinski definition) is 1. The second kappa shape index (κ2) is 8.15. The maximum atomic E-state index is 12.3. The SMILES string of the molecule is CCN(CC)c1nc2cccc(Cl)c2c(Cc2ccccc2Cl)c1C(=O)O. The van der Waals surface area contributed by atoms with E-state index in [-0.39, 0.29) is 5.56 Å². The minimum absolute atomic E-state index is 0.180. The van der Waals surface area contributed by atoms with Crippen LogP contribution in [0.15, 0.2) is 42.5 Å². The Hall–Kier alpha value is -2.30. The van der Waals surface area contributed by atoms with Crippen LogP contribution in [-0.2, 0) is 6.42 Å². The van der Waals surface area contributed by atoms with Gasteiger partial charge >= 0.3 is 5.97 Å². The lowest BCUT2D eigenvalue weighted by Gasteiger charge is -2.24. The molecule has 0 amide bonds. The summed E-state index contributed by atoms with van der Waals surface area (Å²) in [5.74, 6) is -0.558. The van der Waals surface area contributed by atoms with Crippen LogP contribution in [-0.4, -0.2) is 29.1 Å². The molecule has 0 fully saturated rings. The predicted molar refractivity (Wildman–Crippen MR) is 112 cm³/mol. The van der Waals surface area contributed by atoms with E-state index < -0.39 is 5.97 Å². The van der Waals surface area contributed by atoms with E-state index in [0.717, 1.165) is 5.56 Å². The van der Waals surface area contributed by atoms with Gasteiger partial charge in [-0.15, -0.1) is 0 Å². The molecule has 0 saturated heterocycles. The highest BCUT2D eigenvalue weighted by Crippen LogP contribution is 2.35. The summed E-state index contributed by atoms with van der Waals surface area (Å²) in [6.45, 7) is 5.27. The molecule has 0 spiro atoms. The van der Waals surface area contributed by atoms with Gasteiger partial charge in [-0.05, 0) is 43.2 Å². The number of carbonyl (C=O) groups is 1. The van der Waals surface area contributed by atoms with E-state index in [9.17, 15) is 9.90 Å². The zero-order chi connectivity index (χ0) is 19.6. The highest BCUT2D eigenvalue weighted by molar-refractivity contribution is 6.36. The van der Waals surface area contributed by atoms with Gasteiger partial charge in [-0.1, -0.05) is 47.5 Å². The van der Waals surface area contributed by atoms with Crippen LogP contribution in [0, 0.1) is 0 Å². The van der Waals surface area contributed by atoms with Gasteiger partial charge in [0.05, 0.1) is 10.5 Å². The number of carboxylic acids is 1. The van der Waals surface area contributed by atoms with E-state index in [1.807, 2.05) is 49.1 Å². The molecule has 2 aromatic carbocycles. The zero-order valence-electron chi connectivity index (χ0n) is 15.2. The van der Waals surface area contributed by atoms with E-state index in [1.54, 1.807) is 12.1 Å². The molecule has 0 bridgehead atoms. The highest BCUT2D eigenvalue weighted by Gasteiger charge is 2.25. The monoisotopic (exact) mass is 402 g/mol. The van der Waals surface area contributed by atoms with E-state index in [4.69, 9.17) is 23.2 Å². The fourth-order valence-electron chi connectivity index (χ4n) is 3.32. The Morgan fingerprint density at radius 2 is 1.70 bits per heavy atom. The molecule has 1 N–H and O–H groups in total. The Labute approximate surface area is 168 Å². The first-order valence-electron chi connectivity index (χ1n) is 8.80. The average molecular weight is 403 g/mol. The molecule has 0 aliphatic heterocycles.